The molecule has 8 heteroatoms. The van der Waals surface area contributed by atoms with Crippen molar-refractivity contribution in [1.29, 1.82) is 0 Å². The number of anilines is 1. The highest BCUT2D eigenvalue weighted by Gasteiger charge is 2.22. The van der Waals surface area contributed by atoms with Crippen molar-refractivity contribution >= 4 is 32.6 Å². The van der Waals surface area contributed by atoms with Gasteiger partial charge in [-0.05, 0) is 59.0 Å². The standard InChI is InChI=1S/C26H26N2O5S/c1-26(2,3)17-8-10-18(11-9-17)28-34(31,32)20-12-13-22-21(15-20)23(24(27-22)25(29)30)16-6-5-7-19(14-16)33-4/h5-15,27-28H,1-4H3,(H,29,30). The Morgan fingerprint density at radius 1 is 1.00 bits per heavy atom. The summed E-state index contributed by atoms with van der Waals surface area (Å²) >= 11 is 0. The molecule has 0 aliphatic rings. The van der Waals surface area contributed by atoms with E-state index in [0.29, 0.717) is 33.5 Å². The van der Waals surface area contributed by atoms with Crippen molar-refractivity contribution in [2.75, 3.05) is 11.8 Å². The van der Waals surface area contributed by atoms with Gasteiger partial charge in [0.15, 0.2) is 0 Å². The summed E-state index contributed by atoms with van der Waals surface area (Å²) in [6.45, 7) is 6.26. The molecule has 0 saturated heterocycles. The van der Waals surface area contributed by atoms with Crippen LogP contribution in [0.1, 0.15) is 36.8 Å². The number of hydrogen-bond acceptors (Lipinski definition) is 4. The monoisotopic (exact) mass is 478 g/mol. The van der Waals surface area contributed by atoms with E-state index in [1.54, 1.807) is 42.5 Å². The zero-order chi connectivity index (χ0) is 24.7. The van der Waals surface area contributed by atoms with E-state index in [0.717, 1.165) is 5.56 Å². The maximum atomic E-state index is 13.2. The number of aromatic nitrogens is 1. The normalized spacial score (nSPS) is 12.0. The van der Waals surface area contributed by atoms with Gasteiger partial charge in [-0.15, -0.1) is 0 Å². The fourth-order valence-corrected chi connectivity index (χ4v) is 4.91. The van der Waals surface area contributed by atoms with Gasteiger partial charge in [-0.1, -0.05) is 45.0 Å². The lowest BCUT2D eigenvalue weighted by Crippen LogP contribution is -2.14. The van der Waals surface area contributed by atoms with Crippen molar-refractivity contribution in [2.45, 2.75) is 31.1 Å². The predicted molar refractivity (Wildman–Crippen MR) is 133 cm³/mol. The first-order valence-corrected chi connectivity index (χ1v) is 12.1. The third kappa shape index (κ3) is 4.49. The molecule has 1 aromatic heterocycles. The molecule has 34 heavy (non-hydrogen) atoms. The van der Waals surface area contributed by atoms with Crippen molar-refractivity contribution < 1.29 is 23.1 Å². The predicted octanol–water partition coefficient (Wildman–Crippen LogP) is 5.64. The summed E-state index contributed by atoms with van der Waals surface area (Å²) in [6.07, 6.45) is 0. The highest BCUT2D eigenvalue weighted by Crippen LogP contribution is 2.36. The highest BCUT2D eigenvalue weighted by molar-refractivity contribution is 7.92. The molecule has 1 heterocycles. The topological polar surface area (TPSA) is 108 Å². The summed E-state index contributed by atoms with van der Waals surface area (Å²) in [5.41, 5.74) is 2.98. The molecule has 0 spiro atoms. The van der Waals surface area contributed by atoms with E-state index < -0.39 is 16.0 Å². The summed E-state index contributed by atoms with van der Waals surface area (Å²) in [6, 6.07) is 18.7. The molecule has 3 N–H and O–H groups in total. The van der Waals surface area contributed by atoms with E-state index in [-0.39, 0.29) is 16.0 Å². The first-order chi connectivity index (χ1) is 16.0. The molecule has 0 amide bonds. The average molecular weight is 479 g/mol. The molecule has 4 aromatic rings. The minimum absolute atomic E-state index is 0.0245. The van der Waals surface area contributed by atoms with Gasteiger partial charge in [0.1, 0.15) is 11.4 Å². The summed E-state index contributed by atoms with van der Waals surface area (Å²) < 4.78 is 34.2. The number of benzene rings is 3. The number of carboxylic acid groups (broad SMARTS) is 1. The molecule has 0 unspecified atom stereocenters. The summed E-state index contributed by atoms with van der Waals surface area (Å²) in [4.78, 5) is 14.9. The SMILES string of the molecule is COc1cccc(-c2c(C(=O)O)[nH]c3ccc(S(=O)(=O)Nc4ccc(C(C)(C)C)cc4)cc23)c1. The number of ether oxygens (including phenoxy) is 1. The summed E-state index contributed by atoms with van der Waals surface area (Å²) in [7, 11) is -2.39. The van der Waals surface area contributed by atoms with Gasteiger partial charge in [0.25, 0.3) is 10.0 Å². The Bertz CT molecular complexity index is 1480. The van der Waals surface area contributed by atoms with E-state index in [4.69, 9.17) is 4.74 Å². The Kier molecular flexibility index (Phi) is 5.87. The third-order valence-electron chi connectivity index (χ3n) is 5.66. The van der Waals surface area contributed by atoms with E-state index >= 15 is 0 Å². The molecule has 7 nitrogen and oxygen atoms in total. The molecule has 3 aromatic carbocycles. The number of aromatic carboxylic acids is 1. The third-order valence-corrected chi connectivity index (χ3v) is 7.03. The van der Waals surface area contributed by atoms with Gasteiger partial charge in [-0.3, -0.25) is 4.72 Å². The van der Waals surface area contributed by atoms with Crippen molar-refractivity contribution in [3.63, 3.8) is 0 Å². The number of methoxy groups -OCH3 is 1. The van der Waals surface area contributed by atoms with Crippen molar-refractivity contribution in [3.8, 4) is 16.9 Å². The van der Waals surface area contributed by atoms with Crippen LogP contribution in [0.5, 0.6) is 5.75 Å². The van der Waals surface area contributed by atoms with E-state index in [1.807, 2.05) is 12.1 Å². The number of carbonyl (C=O) groups is 1. The van der Waals surface area contributed by atoms with Gasteiger partial charge in [0.05, 0.1) is 12.0 Å². The molecule has 0 aliphatic carbocycles. The first kappa shape index (κ1) is 23.4. The highest BCUT2D eigenvalue weighted by atomic mass is 32.2. The summed E-state index contributed by atoms with van der Waals surface area (Å²) in [5.74, 6) is -0.581. The molecule has 0 saturated carbocycles. The van der Waals surface area contributed by atoms with Crippen LogP contribution in [0.25, 0.3) is 22.0 Å². The molecule has 176 valence electrons. The maximum absolute atomic E-state index is 13.2. The number of sulfonamides is 1. The fraction of sp³-hybridized carbons (Fsp3) is 0.192. The van der Waals surface area contributed by atoms with Crippen molar-refractivity contribution in [1.82, 2.24) is 4.98 Å². The Hall–Kier alpha value is -3.78. The zero-order valence-electron chi connectivity index (χ0n) is 19.3. The van der Waals surface area contributed by atoms with Gasteiger partial charge in [0, 0.05) is 22.2 Å². The summed E-state index contributed by atoms with van der Waals surface area (Å²) in [5, 5.41) is 10.2. The number of fused-ring (bicyclic) bond motifs is 1. The van der Waals surface area contributed by atoms with Crippen molar-refractivity contribution in [2.24, 2.45) is 0 Å². The number of carboxylic acids is 1. The van der Waals surface area contributed by atoms with Crippen LogP contribution in [0.15, 0.2) is 71.6 Å². The van der Waals surface area contributed by atoms with Crippen molar-refractivity contribution in [3.05, 3.63) is 78.0 Å². The van der Waals surface area contributed by atoms with E-state index in [9.17, 15) is 18.3 Å². The maximum Gasteiger partial charge on any atom is 0.352 e. The molecule has 0 fully saturated rings. The zero-order valence-corrected chi connectivity index (χ0v) is 20.2. The van der Waals surface area contributed by atoms with Crippen LogP contribution in [0.4, 0.5) is 5.69 Å². The van der Waals surface area contributed by atoms with Gasteiger partial charge in [-0.2, -0.15) is 0 Å². The Morgan fingerprint density at radius 3 is 2.32 bits per heavy atom. The molecule has 0 aliphatic heterocycles. The van der Waals surface area contributed by atoms with Gasteiger partial charge in [-0.25, -0.2) is 13.2 Å². The minimum Gasteiger partial charge on any atom is -0.497 e. The molecular formula is C26H26N2O5S. The van der Waals surface area contributed by atoms with Gasteiger partial charge in [0.2, 0.25) is 0 Å². The van der Waals surface area contributed by atoms with Crippen LogP contribution in [0.3, 0.4) is 0 Å². The van der Waals surface area contributed by atoms with Crippen LogP contribution in [0, 0.1) is 0 Å². The van der Waals surface area contributed by atoms with Gasteiger partial charge < -0.3 is 14.8 Å². The van der Waals surface area contributed by atoms with E-state index in [1.165, 1.54) is 19.2 Å². The number of rotatable bonds is 6. The minimum atomic E-state index is -3.91. The van der Waals surface area contributed by atoms with Crippen LogP contribution < -0.4 is 9.46 Å². The van der Waals surface area contributed by atoms with Gasteiger partial charge >= 0.3 is 5.97 Å². The Balaban J connectivity index is 1.78. The fourth-order valence-electron chi connectivity index (χ4n) is 3.83. The van der Waals surface area contributed by atoms with Crippen LogP contribution in [-0.2, 0) is 15.4 Å². The van der Waals surface area contributed by atoms with Crippen LogP contribution in [0.2, 0.25) is 0 Å². The lowest BCUT2D eigenvalue weighted by atomic mass is 9.87. The second kappa shape index (κ2) is 8.53. The largest absolute Gasteiger partial charge is 0.497 e. The number of aromatic amines is 1. The molecule has 0 bridgehead atoms. The Labute approximate surface area is 198 Å². The lowest BCUT2D eigenvalue weighted by molar-refractivity contribution is 0.0692. The smallest absolute Gasteiger partial charge is 0.352 e. The van der Waals surface area contributed by atoms with Crippen LogP contribution in [-0.4, -0.2) is 31.6 Å². The molecule has 0 radical (unpaired) electrons. The number of nitrogens with one attached hydrogen (secondary N) is 2. The second-order valence-electron chi connectivity index (χ2n) is 9.05. The first-order valence-electron chi connectivity index (χ1n) is 10.7. The van der Waals surface area contributed by atoms with Crippen LogP contribution >= 0.6 is 0 Å². The molecular weight excluding hydrogens is 452 g/mol. The quantitative estimate of drug-likeness (QED) is 0.332. The molecule has 0 atom stereocenters. The second-order valence-corrected chi connectivity index (χ2v) is 10.7. The lowest BCUT2D eigenvalue weighted by Gasteiger charge is -2.19. The number of hydrogen-bond donors (Lipinski definition) is 3. The van der Waals surface area contributed by atoms with E-state index in [2.05, 4.69) is 30.5 Å². The molecule has 4 rings (SSSR count). The average Bonchev–Trinajstić information content (AvgIpc) is 3.18. The number of H-pyrrole nitrogens is 1. The Morgan fingerprint density at radius 2 is 1.71 bits per heavy atom.